The van der Waals surface area contributed by atoms with Crippen LogP contribution in [-0.4, -0.2) is 23.9 Å². The Kier molecular flexibility index (Phi) is 2.85. The molecule has 2 nitrogen and oxygen atoms in total. The van der Waals surface area contributed by atoms with Crippen molar-refractivity contribution in [1.82, 2.24) is 5.32 Å². The second-order valence-electron chi connectivity index (χ2n) is 5.98. The molecule has 1 aliphatic carbocycles. The first-order chi connectivity index (χ1) is 6.89. The van der Waals surface area contributed by atoms with E-state index in [0.717, 1.165) is 27.7 Å². The van der Waals surface area contributed by atoms with Crippen molar-refractivity contribution in [2.24, 2.45) is 5.92 Å². The molecule has 2 fully saturated rings. The van der Waals surface area contributed by atoms with Gasteiger partial charge in [-0.15, -0.1) is 0 Å². The molecular formula is C12H22NOP. The van der Waals surface area contributed by atoms with Crippen LogP contribution >= 0.6 is 8.58 Å². The Morgan fingerprint density at radius 1 is 1.53 bits per heavy atom. The standard InChI is InChI=1S/C12H22NOP/c1-9(15-11(2,3)4)13-7-10-5-12(6-10)8-14-12/h10,13,15H,1,5-8H2,2-4H3. The highest BCUT2D eigenvalue weighted by molar-refractivity contribution is 7.44. The molecule has 1 spiro atoms. The monoisotopic (exact) mass is 227 g/mol. The Balaban J connectivity index is 1.60. The van der Waals surface area contributed by atoms with Crippen LogP contribution in [-0.2, 0) is 4.74 Å². The Hall–Kier alpha value is -0.0700. The van der Waals surface area contributed by atoms with Gasteiger partial charge in [-0.25, -0.2) is 0 Å². The van der Waals surface area contributed by atoms with E-state index in [0.29, 0.717) is 10.8 Å². The summed E-state index contributed by atoms with van der Waals surface area (Å²) in [7, 11) is 0.805. The van der Waals surface area contributed by atoms with Crippen molar-refractivity contribution in [3.63, 3.8) is 0 Å². The van der Waals surface area contributed by atoms with Crippen molar-refractivity contribution in [3.05, 3.63) is 12.0 Å². The lowest BCUT2D eigenvalue weighted by Gasteiger charge is -2.33. The molecule has 86 valence electrons. The van der Waals surface area contributed by atoms with Crippen LogP contribution in [0.1, 0.15) is 33.6 Å². The van der Waals surface area contributed by atoms with Gasteiger partial charge < -0.3 is 10.1 Å². The Labute approximate surface area is 94.6 Å². The number of ether oxygens (including phenoxy) is 1. The van der Waals surface area contributed by atoms with Gasteiger partial charge in [0.05, 0.1) is 12.2 Å². The zero-order valence-corrected chi connectivity index (χ0v) is 11.0. The van der Waals surface area contributed by atoms with Crippen LogP contribution in [0.4, 0.5) is 0 Å². The van der Waals surface area contributed by atoms with Crippen molar-refractivity contribution in [2.75, 3.05) is 13.2 Å². The molecule has 0 aromatic carbocycles. The smallest absolute Gasteiger partial charge is 0.0923 e. The highest BCUT2D eigenvalue weighted by atomic mass is 31.1. The average molecular weight is 227 g/mol. The maximum Gasteiger partial charge on any atom is 0.0923 e. The lowest BCUT2D eigenvalue weighted by atomic mass is 9.75. The van der Waals surface area contributed by atoms with Crippen molar-refractivity contribution in [3.8, 4) is 0 Å². The minimum absolute atomic E-state index is 0.347. The normalized spacial score (nSPS) is 34.5. The number of nitrogens with one attached hydrogen (secondary N) is 1. The van der Waals surface area contributed by atoms with E-state index in [-0.39, 0.29) is 0 Å². The van der Waals surface area contributed by atoms with Gasteiger partial charge in [-0.3, -0.25) is 0 Å². The van der Waals surface area contributed by atoms with Crippen LogP contribution in [0, 0.1) is 5.92 Å². The molecule has 1 N–H and O–H groups in total. The first kappa shape index (κ1) is 11.4. The van der Waals surface area contributed by atoms with E-state index in [1.807, 2.05) is 0 Å². The predicted molar refractivity (Wildman–Crippen MR) is 66.6 cm³/mol. The fourth-order valence-electron chi connectivity index (χ4n) is 2.24. The molecule has 3 heteroatoms. The highest BCUT2D eigenvalue weighted by Gasteiger charge is 2.54. The summed E-state index contributed by atoms with van der Waals surface area (Å²) < 4.78 is 5.40. The van der Waals surface area contributed by atoms with Crippen LogP contribution in [0.3, 0.4) is 0 Å². The summed E-state index contributed by atoms with van der Waals surface area (Å²) in [4.78, 5) is 0. The zero-order valence-electron chi connectivity index (χ0n) is 10.0. The molecule has 2 aliphatic rings. The van der Waals surface area contributed by atoms with Gasteiger partial charge >= 0.3 is 0 Å². The molecule has 1 atom stereocenters. The second-order valence-corrected chi connectivity index (χ2v) is 8.33. The summed E-state index contributed by atoms with van der Waals surface area (Å²) >= 11 is 0. The Bertz CT molecular complexity index is 257. The summed E-state index contributed by atoms with van der Waals surface area (Å²) in [6.07, 6.45) is 2.51. The quantitative estimate of drug-likeness (QED) is 0.590. The first-order valence-electron chi connectivity index (χ1n) is 5.74. The van der Waals surface area contributed by atoms with E-state index in [4.69, 9.17) is 4.74 Å². The van der Waals surface area contributed by atoms with Crippen LogP contribution in [0.2, 0.25) is 0 Å². The topological polar surface area (TPSA) is 24.6 Å². The van der Waals surface area contributed by atoms with Crippen LogP contribution in [0.5, 0.6) is 0 Å². The van der Waals surface area contributed by atoms with E-state index < -0.39 is 0 Å². The maximum atomic E-state index is 5.40. The largest absolute Gasteiger partial charge is 0.385 e. The van der Waals surface area contributed by atoms with E-state index in [1.165, 1.54) is 18.3 Å². The van der Waals surface area contributed by atoms with Crippen molar-refractivity contribution < 1.29 is 4.74 Å². The molecule has 15 heavy (non-hydrogen) atoms. The number of epoxide rings is 1. The van der Waals surface area contributed by atoms with Gasteiger partial charge in [-0.05, 0) is 23.9 Å². The van der Waals surface area contributed by atoms with Crippen LogP contribution in [0.25, 0.3) is 0 Å². The van der Waals surface area contributed by atoms with E-state index in [9.17, 15) is 0 Å². The van der Waals surface area contributed by atoms with Gasteiger partial charge in [-0.1, -0.05) is 35.9 Å². The fraction of sp³-hybridized carbons (Fsp3) is 0.833. The predicted octanol–water partition coefficient (Wildman–Crippen LogP) is 2.70. The van der Waals surface area contributed by atoms with E-state index >= 15 is 0 Å². The molecule has 0 bridgehead atoms. The zero-order chi connectivity index (χ0) is 11.1. The second kappa shape index (κ2) is 3.75. The molecule has 0 aromatic rings. The SMILES string of the molecule is C=C(NCC1CC2(CO2)C1)PC(C)(C)C. The van der Waals surface area contributed by atoms with E-state index in [1.54, 1.807) is 0 Å². The molecule has 1 saturated carbocycles. The molecule has 0 amide bonds. The summed E-state index contributed by atoms with van der Waals surface area (Å²) in [6.45, 7) is 13.0. The summed E-state index contributed by atoms with van der Waals surface area (Å²) in [5.41, 5.74) is 1.56. The minimum Gasteiger partial charge on any atom is -0.385 e. The van der Waals surface area contributed by atoms with Gasteiger partial charge in [0, 0.05) is 12.0 Å². The fourth-order valence-corrected chi connectivity index (χ4v) is 3.33. The first-order valence-corrected chi connectivity index (χ1v) is 6.74. The molecule has 1 heterocycles. The van der Waals surface area contributed by atoms with Crippen molar-refractivity contribution in [2.45, 2.75) is 44.4 Å². The van der Waals surface area contributed by atoms with Gasteiger partial charge in [-0.2, -0.15) is 0 Å². The Morgan fingerprint density at radius 2 is 2.13 bits per heavy atom. The molecule has 2 rings (SSSR count). The van der Waals surface area contributed by atoms with E-state index in [2.05, 4.69) is 32.7 Å². The van der Waals surface area contributed by atoms with Crippen molar-refractivity contribution in [1.29, 1.82) is 0 Å². The molecule has 1 unspecified atom stereocenters. The molecule has 1 aliphatic heterocycles. The number of hydrogen-bond donors (Lipinski definition) is 1. The lowest BCUT2D eigenvalue weighted by Crippen LogP contribution is -2.38. The van der Waals surface area contributed by atoms with Gasteiger partial charge in [0.1, 0.15) is 0 Å². The van der Waals surface area contributed by atoms with Crippen LogP contribution in [0.15, 0.2) is 12.0 Å². The molecular weight excluding hydrogens is 205 g/mol. The highest BCUT2D eigenvalue weighted by Crippen LogP contribution is 2.49. The van der Waals surface area contributed by atoms with Gasteiger partial charge in [0.2, 0.25) is 0 Å². The summed E-state index contributed by atoms with van der Waals surface area (Å²) in [5.74, 6) is 0.814. The van der Waals surface area contributed by atoms with Gasteiger partial charge in [0.25, 0.3) is 0 Å². The van der Waals surface area contributed by atoms with Crippen LogP contribution < -0.4 is 5.32 Å². The maximum absolute atomic E-state index is 5.40. The molecule has 0 radical (unpaired) electrons. The van der Waals surface area contributed by atoms with Crippen molar-refractivity contribution >= 4 is 8.58 Å². The lowest BCUT2D eigenvalue weighted by molar-refractivity contribution is 0.126. The Morgan fingerprint density at radius 3 is 2.60 bits per heavy atom. The third-order valence-electron chi connectivity index (χ3n) is 3.00. The third kappa shape index (κ3) is 3.19. The molecule has 1 saturated heterocycles. The third-order valence-corrected chi connectivity index (χ3v) is 4.23. The number of hydrogen-bond acceptors (Lipinski definition) is 2. The van der Waals surface area contributed by atoms with Gasteiger partial charge in [0.15, 0.2) is 0 Å². The minimum atomic E-state index is 0.347. The average Bonchev–Trinajstić information content (AvgIpc) is 2.73. The number of rotatable bonds is 4. The molecule has 0 aromatic heterocycles. The summed E-state index contributed by atoms with van der Waals surface area (Å²) in [6, 6.07) is 0. The summed E-state index contributed by atoms with van der Waals surface area (Å²) in [5, 5.41) is 3.83.